The first kappa shape index (κ1) is 30.5. The van der Waals surface area contributed by atoms with Gasteiger partial charge in [0.25, 0.3) is 0 Å². The Bertz CT molecular complexity index is 1270. The Morgan fingerprint density at radius 2 is 1.61 bits per heavy atom. The molecule has 0 saturated carbocycles. The molecule has 0 radical (unpaired) electrons. The molecule has 0 spiro atoms. The minimum Gasteiger partial charge on any atom is -0.478 e. The van der Waals surface area contributed by atoms with Crippen LogP contribution in [0.5, 0.6) is 0 Å². The molecule has 0 bridgehead atoms. The summed E-state index contributed by atoms with van der Waals surface area (Å²) in [5, 5.41) is 19.9. The number of benzene rings is 3. The van der Waals surface area contributed by atoms with Crippen molar-refractivity contribution >= 4 is 23.7 Å². The summed E-state index contributed by atoms with van der Waals surface area (Å²) in [5.41, 5.74) is 3.48. The second-order valence-corrected chi connectivity index (χ2v) is 10.6. The topological polar surface area (TPSA) is 120 Å². The van der Waals surface area contributed by atoms with Crippen LogP contribution in [0.4, 0.5) is 4.79 Å². The van der Waals surface area contributed by atoms with Gasteiger partial charge in [0.15, 0.2) is 0 Å². The highest BCUT2D eigenvalue weighted by atomic mass is 35.5. The molecule has 0 aliphatic carbocycles. The summed E-state index contributed by atoms with van der Waals surface area (Å²) in [6.45, 7) is 4.90. The van der Waals surface area contributed by atoms with E-state index in [1.165, 1.54) is 11.1 Å². The number of hydrogen-bond donors (Lipinski definition) is 3. The SMILES string of the molecule is NN(CCC(Cc1cccc(C(=O)O)c1)OCCN1CCN(C(c2ccccc2)c2ccc(Cl)cc2)CC1)C(=O)O. The lowest BCUT2D eigenvalue weighted by molar-refractivity contribution is 0.0167. The summed E-state index contributed by atoms with van der Waals surface area (Å²) in [7, 11) is 0. The largest absolute Gasteiger partial charge is 0.478 e. The number of hydrazine groups is 1. The van der Waals surface area contributed by atoms with Crippen molar-refractivity contribution in [2.45, 2.75) is 25.0 Å². The van der Waals surface area contributed by atoms with Crippen LogP contribution in [0.2, 0.25) is 5.02 Å². The molecule has 10 heteroatoms. The van der Waals surface area contributed by atoms with Gasteiger partial charge in [-0.2, -0.15) is 0 Å². The van der Waals surface area contributed by atoms with Gasteiger partial charge in [-0.3, -0.25) is 9.80 Å². The molecule has 4 N–H and O–H groups in total. The van der Waals surface area contributed by atoms with E-state index in [1.54, 1.807) is 18.2 Å². The predicted octanol–water partition coefficient (Wildman–Crippen LogP) is 4.62. The van der Waals surface area contributed by atoms with Crippen molar-refractivity contribution in [2.75, 3.05) is 45.9 Å². The van der Waals surface area contributed by atoms with Crippen molar-refractivity contribution in [3.05, 3.63) is 106 Å². The first-order valence-electron chi connectivity index (χ1n) is 13.8. The van der Waals surface area contributed by atoms with E-state index in [2.05, 4.69) is 46.2 Å². The lowest BCUT2D eigenvalue weighted by atomic mass is 9.96. The smallest absolute Gasteiger partial charge is 0.421 e. The van der Waals surface area contributed by atoms with Crippen molar-refractivity contribution in [3.8, 4) is 0 Å². The van der Waals surface area contributed by atoms with Crippen LogP contribution in [0.1, 0.15) is 39.5 Å². The Balaban J connectivity index is 1.33. The molecule has 0 aromatic heterocycles. The number of nitrogens with two attached hydrogens (primary N) is 1. The Hall–Kier alpha value is -3.47. The summed E-state index contributed by atoms with van der Waals surface area (Å²) < 4.78 is 6.21. The van der Waals surface area contributed by atoms with Crippen LogP contribution in [-0.2, 0) is 11.2 Å². The van der Waals surface area contributed by atoms with Crippen molar-refractivity contribution in [1.29, 1.82) is 0 Å². The fraction of sp³-hybridized carbons (Fsp3) is 0.355. The van der Waals surface area contributed by atoms with Crippen molar-refractivity contribution in [2.24, 2.45) is 5.84 Å². The molecular weight excluding hydrogens is 544 g/mol. The molecule has 2 atom stereocenters. The summed E-state index contributed by atoms with van der Waals surface area (Å²) in [6, 6.07) is 25.4. The van der Waals surface area contributed by atoms with Gasteiger partial charge in [-0.05, 0) is 53.8 Å². The lowest BCUT2D eigenvalue weighted by Crippen LogP contribution is -2.48. The van der Waals surface area contributed by atoms with Gasteiger partial charge in [0.1, 0.15) is 0 Å². The molecule has 9 nitrogen and oxygen atoms in total. The number of piperazine rings is 1. The number of rotatable bonds is 13. The number of aromatic carboxylic acids is 1. The minimum absolute atomic E-state index is 0.114. The van der Waals surface area contributed by atoms with E-state index < -0.39 is 12.1 Å². The van der Waals surface area contributed by atoms with Crippen LogP contribution in [0, 0.1) is 0 Å². The first-order valence-corrected chi connectivity index (χ1v) is 14.1. The van der Waals surface area contributed by atoms with Gasteiger partial charge in [-0.15, -0.1) is 0 Å². The third kappa shape index (κ3) is 9.01. The van der Waals surface area contributed by atoms with Crippen LogP contribution < -0.4 is 5.84 Å². The van der Waals surface area contributed by atoms with Gasteiger partial charge in [-0.25, -0.2) is 20.4 Å². The lowest BCUT2D eigenvalue weighted by Gasteiger charge is -2.40. The Labute approximate surface area is 245 Å². The van der Waals surface area contributed by atoms with Crippen LogP contribution >= 0.6 is 11.6 Å². The number of nitrogens with zero attached hydrogens (tertiary/aromatic N) is 3. The van der Waals surface area contributed by atoms with Crippen LogP contribution in [0.15, 0.2) is 78.9 Å². The average Bonchev–Trinajstić information content (AvgIpc) is 2.98. The number of halogens is 1. The fourth-order valence-corrected chi connectivity index (χ4v) is 5.33. The molecule has 3 aromatic carbocycles. The third-order valence-corrected chi connectivity index (χ3v) is 7.66. The number of carboxylic acids is 1. The van der Waals surface area contributed by atoms with Gasteiger partial charge in [0, 0.05) is 44.3 Å². The summed E-state index contributed by atoms with van der Waals surface area (Å²) in [5.74, 6) is 4.58. The standard InChI is InChI=1S/C31H37ClN4O5/c32-27-11-9-25(10-12-27)29(24-6-2-1-3-7-24)35-17-15-34(16-18-35)19-20-41-28(13-14-36(33)31(39)40)22-23-5-4-8-26(21-23)30(37)38/h1-12,21,28-29H,13-20,22,33H2,(H,37,38)(H,39,40). The Kier molecular flexibility index (Phi) is 11.1. The van der Waals surface area contributed by atoms with E-state index in [-0.39, 0.29) is 24.3 Å². The van der Waals surface area contributed by atoms with E-state index in [0.29, 0.717) is 19.4 Å². The molecular formula is C31H37ClN4O5. The van der Waals surface area contributed by atoms with E-state index in [9.17, 15) is 14.7 Å². The Morgan fingerprint density at radius 3 is 2.27 bits per heavy atom. The third-order valence-electron chi connectivity index (χ3n) is 7.41. The van der Waals surface area contributed by atoms with E-state index in [4.69, 9.17) is 27.3 Å². The van der Waals surface area contributed by atoms with E-state index in [0.717, 1.165) is 48.3 Å². The second kappa shape index (κ2) is 15.0. The fourth-order valence-electron chi connectivity index (χ4n) is 5.21. The van der Waals surface area contributed by atoms with E-state index in [1.807, 2.05) is 24.3 Å². The van der Waals surface area contributed by atoms with Crippen molar-refractivity contribution in [1.82, 2.24) is 14.8 Å². The zero-order chi connectivity index (χ0) is 29.2. The molecule has 2 unspecified atom stereocenters. The summed E-state index contributed by atoms with van der Waals surface area (Å²) >= 11 is 6.16. The summed E-state index contributed by atoms with van der Waals surface area (Å²) in [6.07, 6.45) is -0.657. The predicted molar refractivity (Wildman–Crippen MR) is 158 cm³/mol. The highest BCUT2D eigenvalue weighted by Gasteiger charge is 2.26. The molecule has 1 aliphatic rings. The first-order chi connectivity index (χ1) is 19.8. The maximum Gasteiger partial charge on any atom is 0.421 e. The zero-order valence-electron chi connectivity index (χ0n) is 22.9. The monoisotopic (exact) mass is 580 g/mol. The maximum absolute atomic E-state index is 11.4. The van der Waals surface area contributed by atoms with Crippen molar-refractivity contribution in [3.63, 3.8) is 0 Å². The van der Waals surface area contributed by atoms with Crippen LogP contribution in [0.3, 0.4) is 0 Å². The summed E-state index contributed by atoms with van der Waals surface area (Å²) in [4.78, 5) is 27.4. The quantitative estimate of drug-likeness (QED) is 0.152. The number of carbonyl (C=O) groups is 2. The van der Waals surface area contributed by atoms with E-state index >= 15 is 0 Å². The minimum atomic E-state index is -1.21. The van der Waals surface area contributed by atoms with Gasteiger partial charge >= 0.3 is 12.1 Å². The number of hydrogen-bond acceptors (Lipinski definition) is 6. The maximum atomic E-state index is 11.4. The molecule has 41 heavy (non-hydrogen) atoms. The van der Waals surface area contributed by atoms with Crippen molar-refractivity contribution < 1.29 is 24.5 Å². The molecule has 218 valence electrons. The average molecular weight is 581 g/mol. The Morgan fingerprint density at radius 1 is 0.927 bits per heavy atom. The molecule has 1 heterocycles. The molecule has 1 amide bonds. The van der Waals surface area contributed by atoms with Crippen LogP contribution in [-0.4, -0.2) is 89.1 Å². The van der Waals surface area contributed by atoms with Crippen LogP contribution in [0.25, 0.3) is 0 Å². The number of amides is 1. The highest BCUT2D eigenvalue weighted by Crippen LogP contribution is 2.30. The number of ether oxygens (including phenoxy) is 1. The number of carboxylic acid groups (broad SMARTS) is 2. The normalized spacial score (nSPS) is 15.8. The molecule has 4 rings (SSSR count). The molecule has 1 fully saturated rings. The van der Waals surface area contributed by atoms with Gasteiger partial charge in [0.2, 0.25) is 0 Å². The zero-order valence-corrected chi connectivity index (χ0v) is 23.7. The molecule has 1 saturated heterocycles. The van der Waals surface area contributed by atoms with Gasteiger partial charge in [-0.1, -0.05) is 66.2 Å². The molecule has 3 aromatic rings. The van der Waals surface area contributed by atoms with Gasteiger partial charge < -0.3 is 14.9 Å². The highest BCUT2D eigenvalue weighted by molar-refractivity contribution is 6.30. The van der Waals surface area contributed by atoms with Gasteiger partial charge in [0.05, 0.1) is 24.3 Å². The molecule has 1 aliphatic heterocycles. The second-order valence-electron chi connectivity index (χ2n) is 10.2.